The predicted molar refractivity (Wildman–Crippen MR) is 145 cm³/mol. The topological polar surface area (TPSA) is 155 Å². The number of benzene rings is 1. The lowest BCUT2D eigenvalue weighted by Crippen LogP contribution is -2.42. The molecule has 204 valence electrons. The number of carboxylic acids is 1. The number of hydrogen-bond donors (Lipinski definition) is 2. The second kappa shape index (κ2) is 11.4. The van der Waals surface area contributed by atoms with Crippen molar-refractivity contribution in [3.63, 3.8) is 0 Å². The fraction of sp³-hybridized carbons (Fsp3) is 0.417. The number of aromatic nitrogens is 4. The van der Waals surface area contributed by atoms with E-state index >= 15 is 0 Å². The van der Waals surface area contributed by atoms with Crippen LogP contribution in [0.15, 0.2) is 47.2 Å². The molecule has 12 nitrogen and oxygen atoms in total. The Hall–Kier alpha value is -2.99. The van der Waals surface area contributed by atoms with Gasteiger partial charge in [-0.15, -0.1) is 0 Å². The van der Waals surface area contributed by atoms with Gasteiger partial charge in [0.1, 0.15) is 11.8 Å². The van der Waals surface area contributed by atoms with Gasteiger partial charge in [-0.3, -0.25) is 9.32 Å². The van der Waals surface area contributed by atoms with Crippen LogP contribution < -0.4 is 15.0 Å². The van der Waals surface area contributed by atoms with Gasteiger partial charge < -0.3 is 24.7 Å². The number of allylic oxidation sites excluding steroid dienone is 1. The van der Waals surface area contributed by atoms with Crippen LogP contribution in [0.3, 0.4) is 0 Å². The van der Waals surface area contributed by atoms with Crippen molar-refractivity contribution in [3.8, 4) is 11.6 Å². The Balaban J connectivity index is 1.55. The van der Waals surface area contributed by atoms with E-state index in [4.69, 9.17) is 19.5 Å². The number of methoxy groups -OCH3 is 1. The largest absolute Gasteiger partial charge is 0.480 e. The second-order valence-electron chi connectivity index (χ2n) is 9.16. The van der Waals surface area contributed by atoms with Crippen molar-refractivity contribution in [2.24, 2.45) is 5.92 Å². The summed E-state index contributed by atoms with van der Waals surface area (Å²) in [4.78, 5) is 24.6. The van der Waals surface area contributed by atoms with E-state index in [9.17, 15) is 14.5 Å². The van der Waals surface area contributed by atoms with E-state index in [-0.39, 0.29) is 24.5 Å². The molecular formula is C24H30BrN6O6P. The van der Waals surface area contributed by atoms with Crippen molar-refractivity contribution < 1.29 is 28.3 Å². The number of carbonyl (C=O) groups is 1. The van der Waals surface area contributed by atoms with Gasteiger partial charge >= 0.3 is 13.7 Å². The SMILES string of the molecule is COc1nc(N)nc2c1ncn2[C@H]1C=C[C@@H](COP(=O)(Oc2ccc(Br)cc2)N(C(C)C)C(C)C(=O)O)C1. The maximum absolute atomic E-state index is 14.2. The number of nitrogens with zero attached hydrogens (tertiary/aromatic N) is 5. The van der Waals surface area contributed by atoms with Gasteiger partial charge in [0.2, 0.25) is 11.8 Å². The van der Waals surface area contributed by atoms with Gasteiger partial charge in [0.15, 0.2) is 11.2 Å². The van der Waals surface area contributed by atoms with Crippen LogP contribution >= 0.6 is 23.7 Å². The Labute approximate surface area is 228 Å². The van der Waals surface area contributed by atoms with Crippen LogP contribution in [-0.4, -0.2) is 61.1 Å². The smallest absolute Gasteiger partial charge is 0.462 e. The van der Waals surface area contributed by atoms with Gasteiger partial charge in [0.05, 0.1) is 26.1 Å². The molecule has 4 atom stereocenters. The minimum atomic E-state index is -4.09. The zero-order valence-corrected chi connectivity index (χ0v) is 23.9. The summed E-state index contributed by atoms with van der Waals surface area (Å²) in [5, 5.41) is 9.70. The summed E-state index contributed by atoms with van der Waals surface area (Å²) in [6.45, 7) is 5.00. The molecule has 3 N–H and O–H groups in total. The molecule has 2 unspecified atom stereocenters. The lowest BCUT2D eigenvalue weighted by molar-refractivity contribution is -0.141. The highest BCUT2D eigenvalue weighted by atomic mass is 79.9. The molecule has 1 aliphatic rings. The zero-order valence-electron chi connectivity index (χ0n) is 21.4. The third-order valence-corrected chi connectivity index (χ3v) is 8.98. The molecule has 0 saturated carbocycles. The summed E-state index contributed by atoms with van der Waals surface area (Å²) in [7, 11) is -2.60. The summed E-state index contributed by atoms with van der Waals surface area (Å²) in [5.74, 6) is -0.595. The van der Waals surface area contributed by atoms with Crippen molar-refractivity contribution >= 4 is 46.8 Å². The van der Waals surface area contributed by atoms with E-state index in [1.165, 1.54) is 18.7 Å². The summed E-state index contributed by atoms with van der Waals surface area (Å²) in [5.41, 5.74) is 6.88. The molecule has 0 amide bonds. The summed E-state index contributed by atoms with van der Waals surface area (Å²) in [6, 6.07) is 5.10. The first-order chi connectivity index (χ1) is 18.0. The highest BCUT2D eigenvalue weighted by molar-refractivity contribution is 9.10. The number of ether oxygens (including phenoxy) is 1. The number of aliphatic carboxylic acids is 1. The van der Waals surface area contributed by atoms with Gasteiger partial charge in [0.25, 0.3) is 0 Å². The second-order valence-corrected chi connectivity index (χ2v) is 11.9. The summed E-state index contributed by atoms with van der Waals surface area (Å²) >= 11 is 3.36. The molecule has 0 aliphatic heterocycles. The molecular weight excluding hydrogens is 579 g/mol. The van der Waals surface area contributed by atoms with Crippen LogP contribution in [0.1, 0.15) is 33.2 Å². The third-order valence-electron chi connectivity index (χ3n) is 6.16. The normalized spacial score (nSPS) is 19.7. The molecule has 3 aromatic rings. The highest BCUT2D eigenvalue weighted by Crippen LogP contribution is 2.55. The standard InChI is InChI=1S/C24H30BrN6O6P/c1-14(2)31(15(3)23(32)33)38(34,37-19-9-6-17(25)7-10-19)36-12-16-5-8-18(11-16)30-13-27-20-21(30)28-24(26)29-22(20)35-4/h5-10,13-16,18H,11-12H2,1-4H3,(H,32,33)(H2,26,28,29)/t15?,16-,18+,38?/m1/s1. The van der Waals surface area contributed by atoms with Gasteiger partial charge in [-0.2, -0.15) is 14.6 Å². The summed E-state index contributed by atoms with van der Waals surface area (Å²) in [6.07, 6.45) is 6.20. The van der Waals surface area contributed by atoms with Gasteiger partial charge in [-0.1, -0.05) is 28.1 Å². The molecule has 0 radical (unpaired) electrons. The van der Waals surface area contributed by atoms with E-state index in [1.807, 2.05) is 16.7 Å². The number of carboxylic acid groups (broad SMARTS) is 1. The lowest BCUT2D eigenvalue weighted by Gasteiger charge is -2.35. The monoisotopic (exact) mass is 608 g/mol. The number of hydrogen-bond acceptors (Lipinski definition) is 9. The number of halogens is 1. The Bertz CT molecular complexity index is 1380. The fourth-order valence-corrected chi connectivity index (χ4v) is 6.79. The number of rotatable bonds is 11. The minimum Gasteiger partial charge on any atom is -0.480 e. The number of fused-ring (bicyclic) bond motifs is 1. The van der Waals surface area contributed by atoms with Crippen molar-refractivity contribution in [2.45, 2.75) is 45.3 Å². The first kappa shape index (κ1) is 28.0. The predicted octanol–water partition coefficient (Wildman–Crippen LogP) is 4.68. The first-order valence-electron chi connectivity index (χ1n) is 12.0. The first-order valence-corrected chi connectivity index (χ1v) is 14.2. The van der Waals surface area contributed by atoms with Crippen LogP contribution in [0, 0.1) is 5.92 Å². The molecule has 0 saturated heterocycles. The van der Waals surface area contributed by atoms with Crippen molar-refractivity contribution in [2.75, 3.05) is 19.5 Å². The molecule has 38 heavy (non-hydrogen) atoms. The average molecular weight is 609 g/mol. The summed E-state index contributed by atoms with van der Waals surface area (Å²) < 4.78 is 35.4. The number of imidazole rings is 1. The van der Waals surface area contributed by atoms with Crippen LogP contribution in [0.2, 0.25) is 0 Å². The van der Waals surface area contributed by atoms with E-state index in [1.54, 1.807) is 44.4 Å². The molecule has 1 aromatic carbocycles. The average Bonchev–Trinajstić information content (AvgIpc) is 3.50. The lowest BCUT2D eigenvalue weighted by atomic mass is 10.1. The molecule has 2 heterocycles. The Morgan fingerprint density at radius 3 is 2.61 bits per heavy atom. The van der Waals surface area contributed by atoms with Gasteiger partial charge in [0, 0.05) is 16.4 Å². The molecule has 4 rings (SSSR count). The molecule has 0 spiro atoms. The molecule has 0 fully saturated rings. The van der Waals surface area contributed by atoms with E-state index in [0.29, 0.717) is 29.2 Å². The van der Waals surface area contributed by atoms with Crippen molar-refractivity contribution in [3.05, 3.63) is 47.2 Å². The quantitative estimate of drug-likeness (QED) is 0.230. The van der Waals surface area contributed by atoms with Crippen molar-refractivity contribution in [1.82, 2.24) is 24.2 Å². The fourth-order valence-electron chi connectivity index (χ4n) is 4.39. The van der Waals surface area contributed by atoms with Gasteiger partial charge in [-0.25, -0.2) is 9.55 Å². The molecule has 0 bridgehead atoms. The van der Waals surface area contributed by atoms with E-state index < -0.39 is 25.8 Å². The highest BCUT2D eigenvalue weighted by Gasteiger charge is 2.44. The number of nitrogen functional groups attached to an aromatic ring is 1. The van der Waals surface area contributed by atoms with Crippen LogP contribution in [0.5, 0.6) is 11.6 Å². The maximum atomic E-state index is 14.2. The Morgan fingerprint density at radius 1 is 1.26 bits per heavy atom. The zero-order chi connectivity index (χ0) is 27.6. The van der Waals surface area contributed by atoms with E-state index in [2.05, 4.69) is 30.9 Å². The molecule has 1 aliphatic carbocycles. The van der Waals surface area contributed by atoms with Crippen LogP contribution in [0.25, 0.3) is 11.2 Å². The van der Waals surface area contributed by atoms with Crippen LogP contribution in [-0.2, 0) is 13.9 Å². The Kier molecular flexibility index (Phi) is 8.41. The van der Waals surface area contributed by atoms with Crippen molar-refractivity contribution in [1.29, 1.82) is 0 Å². The number of nitrogens with two attached hydrogens (primary N) is 1. The van der Waals surface area contributed by atoms with Gasteiger partial charge in [-0.05, 0) is 51.5 Å². The minimum absolute atomic E-state index is 0.0451. The van der Waals surface area contributed by atoms with E-state index in [0.717, 1.165) is 4.47 Å². The number of anilines is 1. The van der Waals surface area contributed by atoms with Crippen LogP contribution in [0.4, 0.5) is 5.95 Å². The molecule has 2 aromatic heterocycles. The Morgan fingerprint density at radius 2 is 1.97 bits per heavy atom. The maximum Gasteiger partial charge on any atom is 0.462 e. The molecule has 14 heteroatoms. The third kappa shape index (κ3) is 5.85.